The monoisotopic (exact) mass is 365 g/mol. The van der Waals surface area contributed by atoms with E-state index in [2.05, 4.69) is 20.0 Å². The Hall–Kier alpha value is -3.00. The van der Waals surface area contributed by atoms with Gasteiger partial charge in [0, 0.05) is 33.2 Å². The lowest BCUT2D eigenvalue weighted by Crippen LogP contribution is -2.51. The molecule has 1 fully saturated rings. The van der Waals surface area contributed by atoms with Gasteiger partial charge in [-0.05, 0) is 12.5 Å². The van der Waals surface area contributed by atoms with E-state index in [9.17, 15) is 4.79 Å². The molecular formula is C19H23N7O. The van der Waals surface area contributed by atoms with Gasteiger partial charge in [-0.15, -0.1) is 0 Å². The maximum absolute atomic E-state index is 12.8. The molecule has 1 atom stereocenters. The molecule has 8 nitrogen and oxygen atoms in total. The van der Waals surface area contributed by atoms with Crippen molar-refractivity contribution in [2.45, 2.75) is 13.0 Å². The second-order valence-corrected chi connectivity index (χ2v) is 6.90. The molecule has 1 aliphatic rings. The third kappa shape index (κ3) is 3.23. The van der Waals surface area contributed by atoms with Crippen LogP contribution in [0.25, 0.3) is 11.0 Å². The van der Waals surface area contributed by atoms with Crippen LogP contribution < -0.4 is 10.6 Å². The number of carbonyl (C=O) groups excluding carboxylic acids is 1. The SMILES string of the molecule is Cc1ccc(C(N)C(=O)N2CCN(c3ncnc4c3cnn4C)CC2)cc1. The van der Waals surface area contributed by atoms with Crippen molar-refractivity contribution in [2.75, 3.05) is 31.1 Å². The van der Waals surface area contributed by atoms with E-state index >= 15 is 0 Å². The van der Waals surface area contributed by atoms with Gasteiger partial charge in [0.1, 0.15) is 18.2 Å². The Morgan fingerprint density at radius 3 is 2.52 bits per heavy atom. The largest absolute Gasteiger partial charge is 0.352 e. The van der Waals surface area contributed by atoms with E-state index in [-0.39, 0.29) is 5.91 Å². The summed E-state index contributed by atoms with van der Waals surface area (Å²) in [5.74, 6) is 0.829. The molecule has 3 heterocycles. The summed E-state index contributed by atoms with van der Waals surface area (Å²) >= 11 is 0. The zero-order valence-corrected chi connectivity index (χ0v) is 15.5. The molecule has 1 aliphatic heterocycles. The van der Waals surface area contributed by atoms with Crippen LogP contribution in [0.3, 0.4) is 0 Å². The molecule has 140 valence electrons. The molecule has 0 radical (unpaired) electrons. The zero-order chi connectivity index (χ0) is 19.0. The van der Waals surface area contributed by atoms with E-state index < -0.39 is 6.04 Å². The highest BCUT2D eigenvalue weighted by Gasteiger charge is 2.27. The third-order valence-electron chi connectivity index (χ3n) is 5.10. The Morgan fingerprint density at radius 1 is 1.11 bits per heavy atom. The van der Waals surface area contributed by atoms with E-state index in [1.165, 1.54) is 0 Å². The van der Waals surface area contributed by atoms with Crippen molar-refractivity contribution in [3.05, 3.63) is 47.9 Å². The van der Waals surface area contributed by atoms with Gasteiger partial charge in [0.25, 0.3) is 0 Å². The lowest BCUT2D eigenvalue weighted by molar-refractivity contribution is -0.133. The van der Waals surface area contributed by atoms with Crippen molar-refractivity contribution in [1.82, 2.24) is 24.6 Å². The van der Waals surface area contributed by atoms with Gasteiger partial charge in [0.15, 0.2) is 5.65 Å². The lowest BCUT2D eigenvalue weighted by Gasteiger charge is -2.36. The predicted molar refractivity (Wildman–Crippen MR) is 103 cm³/mol. The van der Waals surface area contributed by atoms with Crippen LogP contribution >= 0.6 is 0 Å². The van der Waals surface area contributed by atoms with Crippen LogP contribution in [-0.2, 0) is 11.8 Å². The normalized spacial score (nSPS) is 16.0. The number of aryl methyl sites for hydroxylation is 2. The van der Waals surface area contributed by atoms with Crippen LogP contribution in [-0.4, -0.2) is 56.7 Å². The van der Waals surface area contributed by atoms with Crippen molar-refractivity contribution in [1.29, 1.82) is 0 Å². The van der Waals surface area contributed by atoms with Crippen LogP contribution in [0.15, 0.2) is 36.8 Å². The van der Waals surface area contributed by atoms with E-state index in [0.29, 0.717) is 26.2 Å². The molecular weight excluding hydrogens is 342 g/mol. The summed E-state index contributed by atoms with van der Waals surface area (Å²) in [6, 6.07) is 7.19. The fraction of sp³-hybridized carbons (Fsp3) is 0.368. The molecule has 27 heavy (non-hydrogen) atoms. The molecule has 1 saturated heterocycles. The van der Waals surface area contributed by atoms with Crippen molar-refractivity contribution >= 4 is 22.8 Å². The maximum atomic E-state index is 12.8. The minimum Gasteiger partial charge on any atom is -0.352 e. The fourth-order valence-electron chi connectivity index (χ4n) is 3.45. The third-order valence-corrected chi connectivity index (χ3v) is 5.10. The molecule has 0 aliphatic carbocycles. The van der Waals surface area contributed by atoms with Gasteiger partial charge in [-0.2, -0.15) is 5.10 Å². The average molecular weight is 365 g/mol. The lowest BCUT2D eigenvalue weighted by atomic mass is 10.0. The van der Waals surface area contributed by atoms with Crippen molar-refractivity contribution in [3.63, 3.8) is 0 Å². The summed E-state index contributed by atoms with van der Waals surface area (Å²) in [6.45, 7) is 4.65. The van der Waals surface area contributed by atoms with Gasteiger partial charge < -0.3 is 15.5 Å². The average Bonchev–Trinajstić information content (AvgIpc) is 3.09. The number of anilines is 1. The number of hydrogen-bond donors (Lipinski definition) is 1. The van der Waals surface area contributed by atoms with Crippen LogP contribution in [0.2, 0.25) is 0 Å². The number of fused-ring (bicyclic) bond motifs is 1. The number of rotatable bonds is 3. The van der Waals surface area contributed by atoms with E-state index in [4.69, 9.17) is 5.73 Å². The number of aromatic nitrogens is 4. The number of piperazine rings is 1. The zero-order valence-electron chi connectivity index (χ0n) is 15.5. The number of benzene rings is 1. The standard InChI is InChI=1S/C19H23N7O/c1-13-3-5-14(6-4-13)16(20)19(27)26-9-7-25(8-10-26)18-15-11-23-24(2)17(15)21-12-22-18/h3-6,11-12,16H,7-10,20H2,1-2H3. The number of hydrogen-bond acceptors (Lipinski definition) is 6. The Bertz CT molecular complexity index is 958. The van der Waals surface area contributed by atoms with Gasteiger partial charge in [-0.3, -0.25) is 9.48 Å². The summed E-state index contributed by atoms with van der Waals surface area (Å²) in [5, 5.41) is 5.19. The van der Waals surface area contributed by atoms with E-state index in [1.807, 2.05) is 43.1 Å². The summed E-state index contributed by atoms with van der Waals surface area (Å²) in [6.07, 6.45) is 3.35. The number of carbonyl (C=O) groups is 1. The minimum atomic E-state index is -0.624. The fourth-order valence-corrected chi connectivity index (χ4v) is 3.45. The molecule has 8 heteroatoms. The van der Waals surface area contributed by atoms with Crippen molar-refractivity contribution < 1.29 is 4.79 Å². The Labute approximate surface area is 157 Å². The molecule has 2 aromatic heterocycles. The van der Waals surface area contributed by atoms with Crippen LogP contribution in [0.1, 0.15) is 17.2 Å². The van der Waals surface area contributed by atoms with Gasteiger partial charge in [-0.25, -0.2) is 9.97 Å². The smallest absolute Gasteiger partial charge is 0.244 e. The first kappa shape index (κ1) is 17.4. The van der Waals surface area contributed by atoms with E-state index in [0.717, 1.165) is 28.0 Å². The van der Waals surface area contributed by atoms with Gasteiger partial charge in [0.05, 0.1) is 11.6 Å². The predicted octanol–water partition coefficient (Wildman–Crippen LogP) is 1.02. The molecule has 1 amide bonds. The second kappa shape index (κ2) is 6.96. The molecule has 1 unspecified atom stereocenters. The summed E-state index contributed by atoms with van der Waals surface area (Å²) < 4.78 is 1.74. The summed E-state index contributed by atoms with van der Waals surface area (Å²) in [5.41, 5.74) is 9.01. The summed E-state index contributed by atoms with van der Waals surface area (Å²) in [4.78, 5) is 25.5. The molecule has 3 aromatic rings. The molecule has 0 bridgehead atoms. The van der Waals surface area contributed by atoms with Crippen LogP contribution in [0.4, 0.5) is 5.82 Å². The van der Waals surface area contributed by atoms with Crippen molar-refractivity contribution in [3.8, 4) is 0 Å². The van der Waals surface area contributed by atoms with Crippen LogP contribution in [0.5, 0.6) is 0 Å². The highest BCUT2D eigenvalue weighted by atomic mass is 16.2. The highest BCUT2D eigenvalue weighted by Crippen LogP contribution is 2.24. The first-order valence-electron chi connectivity index (χ1n) is 9.03. The highest BCUT2D eigenvalue weighted by molar-refractivity contribution is 5.87. The first-order valence-corrected chi connectivity index (χ1v) is 9.03. The molecule has 0 spiro atoms. The first-order chi connectivity index (χ1) is 13.0. The van der Waals surface area contributed by atoms with Crippen molar-refractivity contribution in [2.24, 2.45) is 12.8 Å². The quantitative estimate of drug-likeness (QED) is 0.745. The maximum Gasteiger partial charge on any atom is 0.244 e. The van der Waals surface area contributed by atoms with Crippen LogP contribution in [0, 0.1) is 6.92 Å². The summed E-state index contributed by atoms with van der Waals surface area (Å²) in [7, 11) is 1.86. The Balaban J connectivity index is 1.45. The van der Waals surface area contributed by atoms with Gasteiger partial charge >= 0.3 is 0 Å². The molecule has 1 aromatic carbocycles. The Morgan fingerprint density at radius 2 is 1.81 bits per heavy atom. The second-order valence-electron chi connectivity index (χ2n) is 6.90. The number of amides is 1. The number of nitrogens with zero attached hydrogens (tertiary/aromatic N) is 6. The van der Waals surface area contributed by atoms with E-state index in [1.54, 1.807) is 17.2 Å². The van der Waals surface area contributed by atoms with Gasteiger partial charge in [0.2, 0.25) is 5.91 Å². The molecule has 2 N–H and O–H groups in total. The Kier molecular flexibility index (Phi) is 4.49. The van der Waals surface area contributed by atoms with Gasteiger partial charge in [-0.1, -0.05) is 29.8 Å². The minimum absolute atomic E-state index is 0.0345. The molecule has 4 rings (SSSR count). The topological polar surface area (TPSA) is 93.2 Å². The number of nitrogens with two attached hydrogens (primary N) is 1. The molecule has 0 saturated carbocycles.